The lowest BCUT2D eigenvalue weighted by Crippen LogP contribution is -2.52. The van der Waals surface area contributed by atoms with Gasteiger partial charge in [-0.15, -0.1) is 45.3 Å². The van der Waals surface area contributed by atoms with Crippen LogP contribution >= 0.6 is 45.3 Å². The number of aliphatic imine (C=N–C) groups is 2. The van der Waals surface area contributed by atoms with Gasteiger partial charge in [0, 0.05) is 28.6 Å². The number of hydrogen-bond acceptors (Lipinski definition) is 17. The van der Waals surface area contributed by atoms with Crippen LogP contribution in [0.5, 0.6) is 17.2 Å². The maximum atomic E-state index is 14.7. The molecule has 17 heteroatoms. The van der Waals surface area contributed by atoms with Gasteiger partial charge in [-0.3, -0.25) is 0 Å². The van der Waals surface area contributed by atoms with E-state index in [2.05, 4.69) is 9.98 Å². The number of fused-ring (bicyclic) bond motifs is 3. The van der Waals surface area contributed by atoms with Crippen LogP contribution in [-0.2, 0) is 37.9 Å². The van der Waals surface area contributed by atoms with Crippen molar-refractivity contribution in [1.29, 1.82) is 21.0 Å². The van der Waals surface area contributed by atoms with Gasteiger partial charge in [-0.1, -0.05) is 60.7 Å². The number of carbonyl (C=O) groups is 2. The number of hydrogen-bond donors (Lipinski definition) is 0. The first-order chi connectivity index (χ1) is 28.2. The second kappa shape index (κ2) is 16.9. The molecule has 0 fully saturated rings. The highest BCUT2D eigenvalue weighted by molar-refractivity contribution is 7.30. The Morgan fingerprint density at radius 1 is 0.621 bits per heavy atom. The highest BCUT2D eigenvalue weighted by atomic mass is 32.1. The van der Waals surface area contributed by atoms with Crippen molar-refractivity contribution in [3.05, 3.63) is 102 Å². The molecule has 284 valence electrons. The van der Waals surface area contributed by atoms with Crippen molar-refractivity contribution in [1.82, 2.24) is 0 Å². The Balaban J connectivity index is 1.42. The van der Waals surface area contributed by atoms with Crippen LogP contribution < -0.4 is 14.2 Å². The molecule has 2 aromatic carbocycles. The van der Waals surface area contributed by atoms with Crippen molar-refractivity contribution in [3.8, 4) is 70.8 Å². The van der Waals surface area contributed by atoms with Crippen LogP contribution in [0.1, 0.15) is 16.7 Å². The lowest BCUT2D eigenvalue weighted by atomic mass is 9.90. The van der Waals surface area contributed by atoms with Crippen LogP contribution in [-0.4, -0.2) is 37.6 Å². The number of rotatable bonds is 12. The van der Waals surface area contributed by atoms with Gasteiger partial charge in [0.2, 0.25) is 11.4 Å². The summed E-state index contributed by atoms with van der Waals surface area (Å²) in [6, 6.07) is 31.5. The SMILES string of the molecule is COc1cc(N=C(C#N)C#N)sc1-c1cc2c(s1)-c1sc(-c3sc(N=C(C#N)C#N)cc3OC)cc1C(C(=O)OCc1ccccc1)(C(=O)OCc1ccccc1)O2. The third kappa shape index (κ3) is 7.54. The molecule has 1 aliphatic heterocycles. The van der Waals surface area contributed by atoms with E-state index in [0.717, 1.165) is 11.3 Å². The van der Waals surface area contributed by atoms with E-state index in [1.54, 1.807) is 97.1 Å². The molecule has 0 saturated carbocycles. The van der Waals surface area contributed by atoms with Crippen molar-refractivity contribution < 1.29 is 33.3 Å². The summed E-state index contributed by atoms with van der Waals surface area (Å²) in [4.78, 5) is 41.1. The Hall–Kier alpha value is -7.12. The number of nitriles is 4. The molecule has 0 radical (unpaired) electrons. The molecule has 0 saturated heterocycles. The van der Waals surface area contributed by atoms with Gasteiger partial charge in [0.25, 0.3) is 0 Å². The van der Waals surface area contributed by atoms with Gasteiger partial charge in [0.1, 0.15) is 64.7 Å². The van der Waals surface area contributed by atoms with E-state index in [9.17, 15) is 30.6 Å². The summed E-state index contributed by atoms with van der Waals surface area (Å²) >= 11 is 4.87. The fourth-order valence-electron chi connectivity index (χ4n) is 5.76. The Bertz CT molecular complexity index is 2700. The maximum Gasteiger partial charge on any atom is 0.367 e. The molecule has 5 heterocycles. The highest BCUT2D eigenvalue weighted by Crippen LogP contribution is 2.59. The predicted octanol–water partition coefficient (Wildman–Crippen LogP) is 9.26. The van der Waals surface area contributed by atoms with Crippen molar-refractivity contribution in [2.45, 2.75) is 18.8 Å². The highest BCUT2D eigenvalue weighted by Gasteiger charge is 2.59. The summed E-state index contributed by atoms with van der Waals surface area (Å²) in [6.07, 6.45) is 0. The number of benzene rings is 2. The zero-order valence-corrected chi connectivity index (χ0v) is 33.4. The first kappa shape index (κ1) is 39.1. The van der Waals surface area contributed by atoms with Crippen LogP contribution in [0.25, 0.3) is 29.3 Å². The van der Waals surface area contributed by atoms with E-state index < -0.39 is 17.5 Å². The summed E-state index contributed by atoms with van der Waals surface area (Å²) in [5.74, 6) is -1.06. The Kier molecular flexibility index (Phi) is 11.4. The lowest BCUT2D eigenvalue weighted by Gasteiger charge is -2.33. The van der Waals surface area contributed by atoms with E-state index in [1.807, 2.05) is 12.1 Å². The largest absolute Gasteiger partial charge is 0.495 e. The minimum absolute atomic E-state index is 0.163. The number of thiophene rings is 4. The van der Waals surface area contributed by atoms with Gasteiger partial charge in [-0.05, 0) is 17.2 Å². The molecule has 13 nitrogen and oxygen atoms in total. The van der Waals surface area contributed by atoms with Crippen molar-refractivity contribution in [2.75, 3.05) is 14.2 Å². The molecule has 0 N–H and O–H groups in total. The minimum atomic E-state index is -2.46. The van der Waals surface area contributed by atoms with Gasteiger partial charge < -0.3 is 23.7 Å². The number of ether oxygens (including phenoxy) is 5. The molecule has 4 aromatic heterocycles. The third-order valence-electron chi connectivity index (χ3n) is 8.40. The molecule has 58 heavy (non-hydrogen) atoms. The predicted molar refractivity (Wildman–Crippen MR) is 219 cm³/mol. The molecule has 0 amide bonds. The average Bonchev–Trinajstić information content (AvgIpc) is 4.07. The molecule has 0 aliphatic carbocycles. The molecular weight excluding hydrogens is 817 g/mol. The lowest BCUT2D eigenvalue weighted by molar-refractivity contribution is -0.183. The van der Waals surface area contributed by atoms with Crippen LogP contribution in [0.3, 0.4) is 0 Å². The Morgan fingerprint density at radius 2 is 1.07 bits per heavy atom. The summed E-state index contributed by atoms with van der Waals surface area (Å²) in [5.41, 5.74) is -1.62. The third-order valence-corrected chi connectivity index (χ3v) is 13.2. The average molecular weight is 841 g/mol. The van der Waals surface area contributed by atoms with Gasteiger partial charge in [0.05, 0.1) is 38.6 Å². The molecule has 0 unspecified atom stereocenters. The standard InChI is InChI=1S/C41H24N6O7S4/c1-50-28-15-33(46-25(17-42)18-43)57-36(28)31-13-27-35(55-31)38-30(14-32(56-38)37-29(51-2)16-34(58-37)47-26(19-44)20-45)54-41(27,39(48)52-21-23-9-5-3-6-10-23)40(49)53-22-24-11-7-4-8-12-24/h3-16H,21-22H2,1-2H3. The molecule has 1 aliphatic rings. The fourth-order valence-corrected chi connectivity index (χ4v) is 10.4. The first-order valence-corrected chi connectivity index (χ1v) is 20.1. The van der Waals surface area contributed by atoms with E-state index in [1.165, 1.54) is 48.2 Å². The fraction of sp³-hybridized carbons (Fsp3) is 0.122. The zero-order chi connectivity index (χ0) is 40.8. The molecular formula is C41H24N6O7S4. The van der Waals surface area contributed by atoms with Gasteiger partial charge in [-0.25, -0.2) is 19.6 Å². The number of methoxy groups -OCH3 is 2. The van der Waals surface area contributed by atoms with Gasteiger partial charge in [0.15, 0.2) is 0 Å². The summed E-state index contributed by atoms with van der Waals surface area (Å²) in [7, 11) is 2.94. The summed E-state index contributed by atoms with van der Waals surface area (Å²) < 4.78 is 29.8. The number of nitrogens with zero attached hydrogens (tertiary/aromatic N) is 6. The van der Waals surface area contributed by atoms with Crippen molar-refractivity contribution in [2.24, 2.45) is 9.98 Å². The smallest absolute Gasteiger partial charge is 0.367 e. The van der Waals surface area contributed by atoms with Crippen LogP contribution in [0.4, 0.5) is 10.0 Å². The van der Waals surface area contributed by atoms with E-state index in [-0.39, 0.29) is 36.0 Å². The molecule has 7 rings (SSSR count). The molecule has 0 spiro atoms. The maximum absolute atomic E-state index is 14.7. The Labute approximate surface area is 346 Å². The Morgan fingerprint density at radius 3 is 1.52 bits per heavy atom. The summed E-state index contributed by atoms with van der Waals surface area (Å²) in [6.45, 7) is -0.345. The second-order valence-electron chi connectivity index (χ2n) is 11.9. The summed E-state index contributed by atoms with van der Waals surface area (Å²) in [5, 5.41) is 38.0. The van der Waals surface area contributed by atoms with E-state index in [4.69, 9.17) is 23.7 Å². The molecule has 0 atom stereocenters. The van der Waals surface area contributed by atoms with E-state index in [0.29, 0.717) is 61.9 Å². The first-order valence-electron chi connectivity index (χ1n) is 16.8. The normalized spacial score (nSPS) is 11.8. The van der Waals surface area contributed by atoms with Crippen LogP contribution in [0, 0.1) is 45.3 Å². The topological polar surface area (TPSA) is 200 Å². The molecule has 6 aromatic rings. The zero-order valence-electron chi connectivity index (χ0n) is 30.2. The van der Waals surface area contributed by atoms with Gasteiger partial charge in [-0.2, -0.15) is 21.0 Å². The quantitative estimate of drug-likeness (QED) is 0.0646. The monoisotopic (exact) mass is 840 g/mol. The van der Waals surface area contributed by atoms with Gasteiger partial charge >= 0.3 is 17.5 Å². The molecule has 0 bridgehead atoms. The van der Waals surface area contributed by atoms with Crippen molar-refractivity contribution >= 4 is 78.7 Å². The number of esters is 2. The van der Waals surface area contributed by atoms with Crippen LogP contribution in [0.15, 0.2) is 94.9 Å². The number of carbonyl (C=O) groups excluding carboxylic acids is 2. The van der Waals surface area contributed by atoms with E-state index >= 15 is 0 Å². The van der Waals surface area contributed by atoms with Crippen molar-refractivity contribution in [3.63, 3.8) is 0 Å². The second-order valence-corrected chi connectivity index (χ2v) is 16.1. The van der Waals surface area contributed by atoms with Crippen LogP contribution in [0.2, 0.25) is 0 Å². The minimum Gasteiger partial charge on any atom is -0.495 e.